The van der Waals surface area contributed by atoms with Crippen LogP contribution >= 0.6 is 0 Å². The molecule has 28 heavy (non-hydrogen) atoms. The number of aromatic amines is 1. The normalized spacial score (nSPS) is 12.4. The number of rotatable bonds is 3. The molecule has 0 saturated carbocycles. The van der Waals surface area contributed by atoms with Crippen molar-refractivity contribution in [2.24, 2.45) is 10.2 Å². The number of amides is 1. The van der Waals surface area contributed by atoms with Gasteiger partial charge in [-0.15, -0.1) is 10.2 Å². The van der Waals surface area contributed by atoms with E-state index in [2.05, 4.69) is 20.2 Å². The number of carbonyl (C=O) groups is 1. The van der Waals surface area contributed by atoms with E-state index >= 15 is 0 Å². The fourth-order valence-corrected chi connectivity index (χ4v) is 2.94. The minimum atomic E-state index is -4.73. The van der Waals surface area contributed by atoms with Crippen LogP contribution in [0.25, 0.3) is 21.9 Å². The summed E-state index contributed by atoms with van der Waals surface area (Å²) >= 11 is 0. The van der Waals surface area contributed by atoms with Gasteiger partial charge in [0.1, 0.15) is 6.54 Å². The predicted molar refractivity (Wildman–Crippen MR) is 94.2 cm³/mol. The van der Waals surface area contributed by atoms with E-state index in [1.54, 1.807) is 36.4 Å². The topological polar surface area (TPSA) is 95.6 Å². The van der Waals surface area contributed by atoms with E-state index in [0.29, 0.717) is 10.9 Å². The summed E-state index contributed by atoms with van der Waals surface area (Å²) in [5.74, 6) is -2.40. The van der Waals surface area contributed by atoms with E-state index in [1.807, 2.05) is 0 Å². The number of benzene rings is 2. The number of hydrogen-bond donors (Lipinski definition) is 2. The van der Waals surface area contributed by atoms with E-state index < -0.39 is 24.5 Å². The summed E-state index contributed by atoms with van der Waals surface area (Å²) in [5, 5.41) is 17.6. The molecule has 0 unspecified atom stereocenters. The maximum Gasteiger partial charge on any atom is 0.449 e. The molecule has 1 amide bonds. The Labute approximate surface area is 155 Å². The molecular weight excluding hydrogens is 375 g/mol. The molecule has 0 radical (unpaired) electrons. The number of azo groups is 1. The zero-order valence-electron chi connectivity index (χ0n) is 14.1. The largest absolute Gasteiger partial charge is 0.493 e. The summed E-state index contributed by atoms with van der Waals surface area (Å²) in [6.45, 7) is -0.692. The zero-order valence-corrected chi connectivity index (χ0v) is 14.1. The number of alkyl halides is 3. The van der Waals surface area contributed by atoms with Crippen LogP contribution in [0.3, 0.4) is 0 Å². The summed E-state index contributed by atoms with van der Waals surface area (Å²) in [6, 6.07) is 12.8. The molecule has 7 nitrogen and oxygen atoms in total. The van der Waals surface area contributed by atoms with Gasteiger partial charge in [0.05, 0.1) is 16.6 Å². The Bertz CT molecular complexity index is 1220. The third kappa shape index (κ3) is 3.08. The van der Waals surface area contributed by atoms with Crippen molar-refractivity contribution in [3.05, 3.63) is 54.4 Å². The van der Waals surface area contributed by atoms with Crippen molar-refractivity contribution in [2.75, 3.05) is 0 Å². The van der Waals surface area contributed by atoms with Gasteiger partial charge >= 0.3 is 6.18 Å². The van der Waals surface area contributed by atoms with Crippen LogP contribution < -0.4 is 0 Å². The lowest BCUT2D eigenvalue weighted by atomic mass is 10.2. The van der Waals surface area contributed by atoms with Crippen LogP contribution in [-0.2, 0) is 17.5 Å². The van der Waals surface area contributed by atoms with Crippen LogP contribution in [0.2, 0.25) is 0 Å². The summed E-state index contributed by atoms with van der Waals surface area (Å²) in [5.41, 5.74) is 0.902. The first kappa shape index (κ1) is 17.7. The van der Waals surface area contributed by atoms with Crippen LogP contribution in [0.15, 0.2) is 58.8 Å². The molecule has 0 aliphatic rings. The van der Waals surface area contributed by atoms with Crippen LogP contribution in [0.4, 0.5) is 18.9 Å². The quantitative estimate of drug-likeness (QED) is 0.505. The maximum absolute atomic E-state index is 13.3. The van der Waals surface area contributed by atoms with Gasteiger partial charge in [-0.25, -0.2) is 4.98 Å². The second-order valence-corrected chi connectivity index (χ2v) is 5.97. The second-order valence-electron chi connectivity index (χ2n) is 5.97. The maximum atomic E-state index is 13.3. The smallest absolute Gasteiger partial charge is 0.449 e. The first-order valence-electron chi connectivity index (χ1n) is 8.11. The van der Waals surface area contributed by atoms with Gasteiger partial charge in [0.25, 0.3) is 5.91 Å². The number of imidazole rings is 1. The van der Waals surface area contributed by atoms with E-state index in [0.717, 1.165) is 4.57 Å². The fourth-order valence-electron chi connectivity index (χ4n) is 2.94. The zero-order chi connectivity index (χ0) is 19.9. The molecular formula is C18H12F3N5O2. The summed E-state index contributed by atoms with van der Waals surface area (Å²) in [4.78, 5) is 18.5. The Balaban J connectivity index is 1.67. The number of aromatic hydroxyl groups is 1. The van der Waals surface area contributed by atoms with Gasteiger partial charge in [-0.1, -0.05) is 30.3 Å². The molecule has 0 saturated heterocycles. The first-order valence-corrected chi connectivity index (χ1v) is 8.11. The van der Waals surface area contributed by atoms with Crippen molar-refractivity contribution in [3.63, 3.8) is 0 Å². The number of para-hydroxylation sites is 3. The van der Waals surface area contributed by atoms with Gasteiger partial charge in [-0.05, 0) is 18.2 Å². The van der Waals surface area contributed by atoms with Crippen LogP contribution in [0.5, 0.6) is 5.88 Å². The van der Waals surface area contributed by atoms with Crippen molar-refractivity contribution in [3.8, 4) is 5.88 Å². The van der Waals surface area contributed by atoms with Gasteiger partial charge in [-0.2, -0.15) is 13.2 Å². The van der Waals surface area contributed by atoms with Gasteiger partial charge in [0.15, 0.2) is 5.69 Å². The minimum absolute atomic E-state index is 0.0375. The molecule has 2 aromatic heterocycles. The van der Waals surface area contributed by atoms with Gasteiger partial charge in [0, 0.05) is 5.39 Å². The monoisotopic (exact) mass is 387 g/mol. The van der Waals surface area contributed by atoms with Crippen LogP contribution in [0, 0.1) is 0 Å². The van der Waals surface area contributed by atoms with Crippen LogP contribution in [-0.4, -0.2) is 25.5 Å². The van der Waals surface area contributed by atoms with Gasteiger partial charge < -0.3 is 14.7 Å². The van der Waals surface area contributed by atoms with Crippen molar-refractivity contribution in [1.29, 1.82) is 0 Å². The highest BCUT2D eigenvalue weighted by molar-refractivity contribution is 5.94. The fraction of sp³-hybridized carbons (Fsp3) is 0.111. The lowest BCUT2D eigenvalue weighted by Crippen LogP contribution is -2.18. The van der Waals surface area contributed by atoms with Crippen molar-refractivity contribution >= 4 is 33.5 Å². The summed E-state index contributed by atoms with van der Waals surface area (Å²) in [6.07, 6.45) is -4.73. The number of fused-ring (bicyclic) bond motifs is 2. The highest BCUT2D eigenvalue weighted by Crippen LogP contribution is 2.35. The number of hydrogen-bond acceptors (Lipinski definition) is 4. The average molecular weight is 387 g/mol. The molecule has 0 fully saturated rings. The number of H-pyrrole nitrogens is 1. The Morgan fingerprint density at radius 3 is 2.64 bits per heavy atom. The average Bonchev–Trinajstić information content (AvgIpc) is 3.17. The van der Waals surface area contributed by atoms with E-state index in [-0.39, 0.29) is 22.6 Å². The number of nitrogens with one attached hydrogen (secondary N) is 1. The Morgan fingerprint density at radius 2 is 1.86 bits per heavy atom. The Hall–Kier alpha value is -3.69. The molecule has 2 heterocycles. The van der Waals surface area contributed by atoms with Crippen molar-refractivity contribution < 1.29 is 23.1 Å². The Kier molecular flexibility index (Phi) is 4.10. The second kappa shape index (κ2) is 6.48. The van der Waals surface area contributed by atoms with E-state index in [4.69, 9.17) is 0 Å². The standard InChI is InChI=1S/C18H12F3N5O2/c19-18(20,21)17-23-12-7-3-4-8-13(12)26(17)9-14(27)24-25-15-10-5-1-2-6-11(10)22-16(15)28/h1-8,22,28H,9H2. The third-order valence-electron chi connectivity index (χ3n) is 4.12. The van der Waals surface area contributed by atoms with Crippen molar-refractivity contribution in [2.45, 2.75) is 12.7 Å². The van der Waals surface area contributed by atoms with E-state index in [1.165, 1.54) is 12.1 Å². The lowest BCUT2D eigenvalue weighted by Gasteiger charge is -2.09. The van der Waals surface area contributed by atoms with Crippen LogP contribution in [0.1, 0.15) is 5.82 Å². The molecule has 0 bridgehead atoms. The van der Waals surface area contributed by atoms with Crippen molar-refractivity contribution in [1.82, 2.24) is 14.5 Å². The molecule has 142 valence electrons. The number of carbonyl (C=O) groups excluding carboxylic acids is 1. The highest BCUT2D eigenvalue weighted by atomic mass is 19.4. The summed E-state index contributed by atoms with van der Waals surface area (Å²) < 4.78 is 40.6. The lowest BCUT2D eigenvalue weighted by molar-refractivity contribution is -0.147. The molecule has 0 aliphatic carbocycles. The molecule has 2 aromatic carbocycles. The molecule has 0 spiro atoms. The number of aromatic nitrogens is 3. The molecule has 2 N–H and O–H groups in total. The summed E-state index contributed by atoms with van der Waals surface area (Å²) in [7, 11) is 0. The third-order valence-corrected chi connectivity index (χ3v) is 4.12. The van der Waals surface area contributed by atoms with E-state index in [9.17, 15) is 23.1 Å². The highest BCUT2D eigenvalue weighted by Gasteiger charge is 2.38. The number of halogens is 3. The first-order chi connectivity index (χ1) is 13.3. The predicted octanol–water partition coefficient (Wildman–Crippen LogP) is 4.55. The molecule has 10 heteroatoms. The Morgan fingerprint density at radius 1 is 1.14 bits per heavy atom. The SMILES string of the molecule is O=C(Cn1c(C(F)(F)F)nc2ccccc21)N=Nc1c(O)[nH]c2ccccc12. The number of nitrogens with zero attached hydrogens (tertiary/aromatic N) is 4. The van der Waals surface area contributed by atoms with Gasteiger partial charge in [-0.3, -0.25) is 4.79 Å². The molecule has 4 aromatic rings. The molecule has 0 atom stereocenters. The minimum Gasteiger partial charge on any atom is -0.493 e. The molecule has 4 rings (SSSR count). The van der Waals surface area contributed by atoms with Gasteiger partial charge in [0.2, 0.25) is 11.7 Å². The molecule has 0 aliphatic heterocycles.